The van der Waals surface area contributed by atoms with Crippen LogP contribution >= 0.6 is 0 Å². The lowest BCUT2D eigenvalue weighted by molar-refractivity contribution is -0.146. The third kappa shape index (κ3) is 7.11. The Kier molecular flexibility index (Phi) is 9.87. The molecule has 1 aliphatic heterocycles. The summed E-state index contributed by atoms with van der Waals surface area (Å²) in [5, 5.41) is 12.8. The van der Waals surface area contributed by atoms with Crippen molar-refractivity contribution in [3.05, 3.63) is 113 Å². The molecule has 0 fully saturated rings. The van der Waals surface area contributed by atoms with Crippen LogP contribution in [0.25, 0.3) is 22.0 Å². The van der Waals surface area contributed by atoms with Crippen LogP contribution in [0.1, 0.15) is 23.7 Å². The van der Waals surface area contributed by atoms with Crippen molar-refractivity contribution in [2.75, 3.05) is 33.4 Å². The number of H-pyrrole nitrogens is 1. The van der Waals surface area contributed by atoms with Crippen LogP contribution in [-0.2, 0) is 30.8 Å². The van der Waals surface area contributed by atoms with E-state index in [4.69, 9.17) is 18.6 Å². The van der Waals surface area contributed by atoms with Gasteiger partial charge in [0.1, 0.15) is 17.2 Å². The number of aromatic nitrogens is 2. The summed E-state index contributed by atoms with van der Waals surface area (Å²) >= 11 is 0. The van der Waals surface area contributed by atoms with Crippen LogP contribution < -0.4 is 15.5 Å². The number of carbonyl (C=O) groups is 1. The molecule has 3 N–H and O–H groups in total. The molecule has 2 atom stereocenters. The number of benzene rings is 3. The topological polar surface area (TPSA) is 173 Å². The van der Waals surface area contributed by atoms with E-state index in [1.807, 2.05) is 24.3 Å². The summed E-state index contributed by atoms with van der Waals surface area (Å²) in [5.74, 6) is -0.197. The van der Waals surface area contributed by atoms with Crippen molar-refractivity contribution in [3.8, 4) is 5.75 Å². The summed E-state index contributed by atoms with van der Waals surface area (Å²) in [4.78, 5) is 34.5. The number of amides is 1. The summed E-state index contributed by atoms with van der Waals surface area (Å²) in [5.41, 5.74) is 2.09. The van der Waals surface area contributed by atoms with Gasteiger partial charge in [0.15, 0.2) is 11.2 Å². The quantitative estimate of drug-likeness (QED) is 0.168. The summed E-state index contributed by atoms with van der Waals surface area (Å²) in [7, 11) is -2.50. The van der Waals surface area contributed by atoms with Crippen LogP contribution in [0, 0.1) is 0 Å². The highest BCUT2D eigenvalue weighted by atomic mass is 32.2. The van der Waals surface area contributed by atoms with E-state index in [-0.39, 0.29) is 48.7 Å². The molecule has 0 radical (unpaired) electrons. The van der Waals surface area contributed by atoms with Gasteiger partial charge < -0.3 is 34.0 Å². The molecule has 1 amide bonds. The number of allylic oxidation sites excluding steroid dienone is 1. The van der Waals surface area contributed by atoms with Crippen molar-refractivity contribution in [2.24, 2.45) is 0 Å². The normalized spacial score (nSPS) is 16.5. The van der Waals surface area contributed by atoms with E-state index in [1.54, 1.807) is 30.3 Å². The summed E-state index contributed by atoms with van der Waals surface area (Å²) in [6, 6.07) is 20.3. The Morgan fingerprint density at radius 1 is 1.08 bits per heavy atom. The maximum atomic E-state index is 13.5. The number of nitrogens with one attached hydrogen (secondary N) is 2. The van der Waals surface area contributed by atoms with E-state index in [0.29, 0.717) is 28.1 Å². The van der Waals surface area contributed by atoms with Gasteiger partial charge in [-0.2, -0.15) is 4.31 Å². The van der Waals surface area contributed by atoms with Crippen LogP contribution in [0.4, 0.5) is 0 Å². The zero-order valence-corrected chi connectivity index (χ0v) is 26.8. The second kappa shape index (κ2) is 14.4. The zero-order chi connectivity index (χ0) is 33.7. The minimum absolute atomic E-state index is 0.0279. The minimum Gasteiger partial charge on any atom is -0.497 e. The first-order valence-corrected chi connectivity index (χ1v) is 16.7. The lowest BCUT2D eigenvalue weighted by atomic mass is 9.93. The Hall–Kier alpha value is -5.02. The lowest BCUT2D eigenvalue weighted by Gasteiger charge is -2.29. The van der Waals surface area contributed by atoms with Gasteiger partial charge in [0.25, 0.3) is 5.91 Å². The van der Waals surface area contributed by atoms with Crippen LogP contribution in [0.2, 0.25) is 0 Å². The van der Waals surface area contributed by atoms with Crippen molar-refractivity contribution >= 4 is 37.9 Å². The molecule has 3 heterocycles. The number of hydrogen-bond donors (Lipinski definition) is 3. The molecule has 0 unspecified atom stereocenters. The first-order chi connectivity index (χ1) is 23.3. The number of para-hydroxylation sites is 3. The fourth-order valence-electron chi connectivity index (χ4n) is 5.47. The van der Waals surface area contributed by atoms with Crippen LogP contribution in [0.15, 0.2) is 105 Å². The molecular formula is C34H34N4O9S. The molecule has 3 aromatic carbocycles. The molecule has 6 rings (SSSR count). The number of nitrogens with zero attached hydrogens (tertiary/aromatic N) is 2. The number of aromatic amines is 1. The van der Waals surface area contributed by atoms with Crippen LogP contribution in [-0.4, -0.2) is 73.4 Å². The van der Waals surface area contributed by atoms with Gasteiger partial charge in [-0.1, -0.05) is 24.3 Å². The Balaban J connectivity index is 1.20. The van der Waals surface area contributed by atoms with Crippen molar-refractivity contribution in [1.82, 2.24) is 19.6 Å². The Bertz CT molecular complexity index is 2080. The molecular weight excluding hydrogens is 640 g/mol. The van der Waals surface area contributed by atoms with E-state index in [9.17, 15) is 23.1 Å². The van der Waals surface area contributed by atoms with E-state index >= 15 is 0 Å². The number of fused-ring (bicyclic) bond motifs is 2. The second-order valence-corrected chi connectivity index (χ2v) is 12.9. The lowest BCUT2D eigenvalue weighted by Crippen LogP contribution is -2.38. The number of ether oxygens (including phenoxy) is 3. The second-order valence-electron chi connectivity index (χ2n) is 11.0. The number of aliphatic hydroxyl groups excluding tert-OH is 1. The van der Waals surface area contributed by atoms with Crippen LogP contribution in [0.5, 0.6) is 5.75 Å². The summed E-state index contributed by atoms with van der Waals surface area (Å²) in [6.45, 7) is -0.740. The smallest absolute Gasteiger partial charge is 0.286 e. The van der Waals surface area contributed by atoms with Crippen molar-refractivity contribution in [2.45, 2.75) is 30.1 Å². The maximum absolute atomic E-state index is 13.5. The van der Waals surface area contributed by atoms with Gasteiger partial charge in [-0.25, -0.2) is 13.4 Å². The molecule has 2 aromatic heterocycles. The average molecular weight is 675 g/mol. The highest BCUT2D eigenvalue weighted by Crippen LogP contribution is 2.31. The molecule has 13 nitrogen and oxygen atoms in total. The van der Waals surface area contributed by atoms with Crippen molar-refractivity contribution in [3.63, 3.8) is 0 Å². The number of aliphatic hydroxyl groups is 1. The SMILES string of the molecule is COc1ccc(S(=O)(=O)N(CCO)CCO[C@@H]2C[C@H](c3coc4ccccc4c3=O)C=C(C(=O)NCc3nc4ccccc4[nH]3)O2)cc1. The fraction of sp³-hybridized carbons (Fsp3) is 0.265. The summed E-state index contributed by atoms with van der Waals surface area (Å²) < 4.78 is 50.6. The Morgan fingerprint density at radius 2 is 1.85 bits per heavy atom. The highest BCUT2D eigenvalue weighted by molar-refractivity contribution is 7.89. The van der Waals surface area contributed by atoms with E-state index in [0.717, 1.165) is 15.3 Å². The summed E-state index contributed by atoms with van der Waals surface area (Å²) in [6.07, 6.45) is 2.07. The molecule has 0 bridgehead atoms. The fourth-order valence-corrected chi connectivity index (χ4v) is 6.89. The van der Waals surface area contributed by atoms with E-state index in [2.05, 4.69) is 15.3 Å². The molecule has 0 saturated carbocycles. The van der Waals surface area contributed by atoms with Gasteiger partial charge in [-0.15, -0.1) is 0 Å². The molecule has 48 heavy (non-hydrogen) atoms. The van der Waals surface area contributed by atoms with Gasteiger partial charge >= 0.3 is 0 Å². The molecule has 0 spiro atoms. The largest absolute Gasteiger partial charge is 0.497 e. The molecule has 14 heteroatoms. The molecule has 0 saturated heterocycles. The maximum Gasteiger partial charge on any atom is 0.286 e. The number of carbonyl (C=O) groups excluding carboxylic acids is 1. The number of methoxy groups -OCH3 is 1. The Labute approximate surface area is 275 Å². The predicted molar refractivity (Wildman–Crippen MR) is 176 cm³/mol. The molecule has 0 aliphatic carbocycles. The Morgan fingerprint density at radius 3 is 2.62 bits per heavy atom. The molecule has 1 aliphatic rings. The molecule has 5 aromatic rings. The monoisotopic (exact) mass is 674 g/mol. The van der Waals surface area contributed by atoms with Gasteiger partial charge in [0, 0.05) is 31.0 Å². The first kappa shape index (κ1) is 32.9. The van der Waals surface area contributed by atoms with Gasteiger partial charge in [0.05, 0.1) is 54.4 Å². The van der Waals surface area contributed by atoms with Gasteiger partial charge in [-0.3, -0.25) is 9.59 Å². The molecule has 250 valence electrons. The van der Waals surface area contributed by atoms with E-state index in [1.165, 1.54) is 37.6 Å². The van der Waals surface area contributed by atoms with Crippen molar-refractivity contribution < 1.29 is 36.9 Å². The third-order valence-electron chi connectivity index (χ3n) is 7.93. The minimum atomic E-state index is -3.98. The standard InChI is InChI=1S/C34H34N4O9S/c1-44-23-10-12-24(13-11-23)48(42,43)38(14-16-39)15-17-45-32-19-22(26-21-46-29-9-5-2-6-25(29)33(26)40)18-30(47-32)34(41)35-20-31-36-27-7-3-4-8-28(27)37-31/h2-13,18,21-22,32,39H,14-17,19-20H2,1H3,(H,35,41)(H,36,37)/t22-,32+/m1/s1. The highest BCUT2D eigenvalue weighted by Gasteiger charge is 2.32. The zero-order valence-electron chi connectivity index (χ0n) is 26.0. The first-order valence-electron chi connectivity index (χ1n) is 15.2. The predicted octanol–water partition coefficient (Wildman–Crippen LogP) is 3.41. The third-order valence-corrected chi connectivity index (χ3v) is 9.85. The number of rotatable bonds is 13. The average Bonchev–Trinajstić information content (AvgIpc) is 3.53. The van der Waals surface area contributed by atoms with Gasteiger partial charge in [0.2, 0.25) is 16.3 Å². The van der Waals surface area contributed by atoms with E-state index < -0.39 is 34.7 Å². The van der Waals surface area contributed by atoms with Gasteiger partial charge in [-0.05, 0) is 54.6 Å². The number of hydrogen-bond acceptors (Lipinski definition) is 10. The van der Waals surface area contributed by atoms with Crippen LogP contribution in [0.3, 0.4) is 0 Å². The number of imidazole rings is 1. The number of sulfonamides is 1. The van der Waals surface area contributed by atoms with Crippen molar-refractivity contribution in [1.29, 1.82) is 0 Å².